The van der Waals surface area contributed by atoms with Gasteiger partial charge >= 0.3 is 0 Å². The Balaban J connectivity index is 1.18. The maximum absolute atomic E-state index is 14.1. The normalized spacial score (nSPS) is 19.7. The molecule has 2 unspecified atom stereocenters. The van der Waals surface area contributed by atoms with Crippen LogP contribution in [0.4, 0.5) is 0 Å². The van der Waals surface area contributed by atoms with E-state index in [9.17, 15) is 4.79 Å². The molecule has 10 nitrogen and oxygen atoms in total. The maximum atomic E-state index is 14.1. The number of ether oxygens (including phenoxy) is 3. The summed E-state index contributed by atoms with van der Waals surface area (Å²) in [5.74, 6) is 2.44. The summed E-state index contributed by atoms with van der Waals surface area (Å²) in [6.07, 6.45) is 4.70. The van der Waals surface area contributed by atoms with Crippen molar-refractivity contribution in [2.45, 2.75) is 37.3 Å². The summed E-state index contributed by atoms with van der Waals surface area (Å²) in [6.45, 7) is 5.57. The Hall–Kier alpha value is -4.93. The van der Waals surface area contributed by atoms with Crippen LogP contribution in [0.3, 0.4) is 0 Å². The van der Waals surface area contributed by atoms with Crippen LogP contribution in [0.5, 0.6) is 17.2 Å². The fourth-order valence-corrected chi connectivity index (χ4v) is 7.79. The van der Waals surface area contributed by atoms with Crippen LogP contribution < -0.4 is 19.5 Å². The van der Waals surface area contributed by atoms with Gasteiger partial charge in [0.25, 0.3) is 5.91 Å². The summed E-state index contributed by atoms with van der Waals surface area (Å²) >= 11 is 0. The molecule has 5 aromatic rings. The van der Waals surface area contributed by atoms with Gasteiger partial charge in [-0.1, -0.05) is 48.5 Å². The van der Waals surface area contributed by atoms with Crippen molar-refractivity contribution in [2.75, 3.05) is 60.6 Å². The topological polar surface area (TPSA) is 94.0 Å². The van der Waals surface area contributed by atoms with Gasteiger partial charge in [0.1, 0.15) is 5.82 Å². The molecule has 0 radical (unpaired) electrons. The Kier molecular flexibility index (Phi) is 10.0. The second-order valence-electron chi connectivity index (χ2n) is 13.3. The third kappa shape index (κ3) is 6.65. The molecule has 0 saturated carbocycles. The number of hydrogen-bond acceptors (Lipinski definition) is 8. The quantitative estimate of drug-likeness (QED) is 0.190. The van der Waals surface area contributed by atoms with E-state index in [4.69, 9.17) is 19.2 Å². The first-order chi connectivity index (χ1) is 24.5. The van der Waals surface area contributed by atoms with Gasteiger partial charge in [0.05, 0.1) is 50.6 Å². The molecule has 10 heteroatoms. The minimum absolute atomic E-state index is 0.0397. The van der Waals surface area contributed by atoms with E-state index in [0.717, 1.165) is 68.0 Å². The number of rotatable bonds is 11. The number of carbonyl (C=O) groups is 1. The average molecular weight is 675 g/mol. The molecule has 2 saturated heterocycles. The summed E-state index contributed by atoms with van der Waals surface area (Å²) in [5, 5.41) is 3.70. The number of likely N-dealkylation sites (tertiary alicyclic amines) is 1. The maximum Gasteiger partial charge on any atom is 0.254 e. The number of benzene rings is 3. The van der Waals surface area contributed by atoms with Crippen LogP contribution in [0.25, 0.3) is 11.0 Å². The summed E-state index contributed by atoms with van der Waals surface area (Å²) < 4.78 is 19.0. The predicted molar refractivity (Wildman–Crippen MR) is 194 cm³/mol. The number of carbonyl (C=O) groups excluding carboxylic acids is 1. The smallest absolute Gasteiger partial charge is 0.254 e. The van der Waals surface area contributed by atoms with Crippen LogP contribution in [0.2, 0.25) is 0 Å². The Morgan fingerprint density at radius 1 is 0.920 bits per heavy atom. The molecular formula is C40H46N6O4. The highest BCUT2D eigenvalue weighted by molar-refractivity contribution is 5.96. The molecule has 1 N–H and O–H groups in total. The monoisotopic (exact) mass is 674 g/mol. The first kappa shape index (κ1) is 33.6. The van der Waals surface area contributed by atoms with Crippen LogP contribution in [-0.2, 0) is 12.0 Å². The predicted octanol–water partition coefficient (Wildman–Crippen LogP) is 5.72. The zero-order valence-corrected chi connectivity index (χ0v) is 29.2. The number of aromatic nitrogens is 3. The molecule has 0 aliphatic carbocycles. The molecule has 0 bridgehead atoms. The molecule has 2 aliphatic rings. The fraction of sp³-hybridized carbons (Fsp3) is 0.375. The van der Waals surface area contributed by atoms with Crippen molar-refractivity contribution in [1.82, 2.24) is 29.7 Å². The molecule has 0 spiro atoms. The van der Waals surface area contributed by atoms with Gasteiger partial charge in [0, 0.05) is 43.4 Å². The first-order valence-electron chi connectivity index (χ1n) is 17.5. The molecule has 2 aromatic heterocycles. The largest absolute Gasteiger partial charge is 0.493 e. The molecule has 1 amide bonds. The van der Waals surface area contributed by atoms with Gasteiger partial charge in [-0.15, -0.1) is 0 Å². The second kappa shape index (κ2) is 14.9. The number of nitrogens with zero attached hydrogens (tertiary/aromatic N) is 5. The summed E-state index contributed by atoms with van der Waals surface area (Å²) in [5.41, 5.74) is 4.72. The van der Waals surface area contributed by atoms with E-state index < -0.39 is 0 Å². The Morgan fingerprint density at radius 3 is 2.42 bits per heavy atom. The van der Waals surface area contributed by atoms with Gasteiger partial charge < -0.3 is 29.0 Å². The molecule has 2 atom stereocenters. The molecule has 3 aromatic carbocycles. The summed E-state index contributed by atoms with van der Waals surface area (Å²) in [7, 11) is 4.71. The SMILES string of the molecule is COc1cc(C(=O)N2CCC(CCN3CCCNCC3c3nc4ccccc4n3Cc3ccccn3)(c3ccccc3)C2)cc(OC)c1OC. The first-order valence-corrected chi connectivity index (χ1v) is 17.5. The van der Waals surface area contributed by atoms with E-state index in [1.54, 1.807) is 33.5 Å². The van der Waals surface area contributed by atoms with E-state index in [2.05, 4.69) is 80.4 Å². The Morgan fingerprint density at radius 2 is 1.68 bits per heavy atom. The van der Waals surface area contributed by atoms with Crippen LogP contribution in [-0.4, -0.2) is 90.8 Å². The highest BCUT2D eigenvalue weighted by Gasteiger charge is 2.42. The minimum atomic E-state index is -0.198. The highest BCUT2D eigenvalue weighted by atomic mass is 16.5. The lowest BCUT2D eigenvalue weighted by Gasteiger charge is -2.35. The molecule has 2 fully saturated rings. The zero-order chi connectivity index (χ0) is 34.5. The molecule has 260 valence electrons. The van der Waals surface area contributed by atoms with Crippen molar-refractivity contribution in [3.8, 4) is 17.2 Å². The number of hydrogen-bond donors (Lipinski definition) is 1. The van der Waals surface area contributed by atoms with Gasteiger partial charge in [0.15, 0.2) is 11.5 Å². The standard InChI is InChI=1S/C40H46N6O4/c1-48-35-24-29(25-36(49-2)37(35)50-3)39(47)45-23-18-40(28-45,30-12-5-4-6-13-30)17-22-44-21-11-19-41-26-34(44)38-43-32-15-7-8-16-33(32)46(38)27-31-14-9-10-20-42-31/h4-10,12-16,20,24-25,34,41H,11,17-19,21-23,26-28H2,1-3H3. The van der Waals surface area contributed by atoms with Crippen molar-refractivity contribution in [2.24, 2.45) is 0 Å². The minimum Gasteiger partial charge on any atom is -0.493 e. The number of para-hydroxylation sites is 2. The third-order valence-electron chi connectivity index (χ3n) is 10.4. The summed E-state index contributed by atoms with van der Waals surface area (Å²) in [4.78, 5) is 28.6. The van der Waals surface area contributed by atoms with E-state index in [-0.39, 0.29) is 17.4 Å². The van der Waals surface area contributed by atoms with Crippen molar-refractivity contribution in [3.63, 3.8) is 0 Å². The zero-order valence-electron chi connectivity index (χ0n) is 29.2. The van der Waals surface area contributed by atoms with Crippen molar-refractivity contribution < 1.29 is 19.0 Å². The van der Waals surface area contributed by atoms with Crippen LogP contribution in [0.15, 0.2) is 91.1 Å². The Bertz CT molecular complexity index is 1890. The van der Waals surface area contributed by atoms with Crippen LogP contribution >= 0.6 is 0 Å². The molecule has 4 heterocycles. The molecular weight excluding hydrogens is 628 g/mol. The lowest BCUT2D eigenvalue weighted by molar-refractivity contribution is 0.0778. The van der Waals surface area contributed by atoms with Crippen LogP contribution in [0, 0.1) is 0 Å². The lowest BCUT2D eigenvalue weighted by Crippen LogP contribution is -2.40. The van der Waals surface area contributed by atoms with Gasteiger partial charge in [-0.05, 0) is 74.3 Å². The number of methoxy groups -OCH3 is 3. The Labute approximate surface area is 294 Å². The second-order valence-corrected chi connectivity index (χ2v) is 13.3. The average Bonchev–Trinajstić information content (AvgIpc) is 3.68. The molecule has 50 heavy (non-hydrogen) atoms. The van der Waals surface area contributed by atoms with Gasteiger partial charge in [-0.2, -0.15) is 0 Å². The number of imidazole rings is 1. The number of nitrogens with one attached hydrogen (secondary N) is 1. The van der Waals surface area contributed by atoms with Crippen LogP contribution in [0.1, 0.15) is 52.7 Å². The van der Waals surface area contributed by atoms with Crippen molar-refractivity contribution >= 4 is 16.9 Å². The van der Waals surface area contributed by atoms with Gasteiger partial charge in [-0.3, -0.25) is 14.7 Å². The lowest BCUT2D eigenvalue weighted by atomic mass is 9.76. The number of amides is 1. The molecule has 7 rings (SSSR count). The van der Waals surface area contributed by atoms with E-state index in [1.165, 1.54) is 5.56 Å². The van der Waals surface area contributed by atoms with Gasteiger partial charge in [-0.25, -0.2) is 4.98 Å². The van der Waals surface area contributed by atoms with Crippen molar-refractivity contribution in [1.29, 1.82) is 0 Å². The molecule has 2 aliphatic heterocycles. The van der Waals surface area contributed by atoms with E-state index >= 15 is 0 Å². The fourth-order valence-electron chi connectivity index (χ4n) is 7.79. The third-order valence-corrected chi connectivity index (χ3v) is 10.4. The highest BCUT2D eigenvalue weighted by Crippen LogP contribution is 2.42. The summed E-state index contributed by atoms with van der Waals surface area (Å²) in [6, 6.07) is 28.8. The number of fused-ring (bicyclic) bond motifs is 1. The number of pyridine rings is 1. The van der Waals surface area contributed by atoms with Crippen molar-refractivity contribution in [3.05, 3.63) is 114 Å². The van der Waals surface area contributed by atoms with E-state index in [0.29, 0.717) is 42.4 Å². The van der Waals surface area contributed by atoms with Gasteiger partial charge in [0.2, 0.25) is 5.75 Å². The van der Waals surface area contributed by atoms with E-state index in [1.807, 2.05) is 23.2 Å².